The van der Waals surface area contributed by atoms with Crippen LogP contribution >= 0.6 is 23.2 Å². The molecule has 0 unspecified atom stereocenters. The van der Waals surface area contributed by atoms with Gasteiger partial charge in [-0.1, -0.05) is 72.6 Å². The highest BCUT2D eigenvalue weighted by molar-refractivity contribution is 7.92. The van der Waals surface area contributed by atoms with Crippen molar-refractivity contribution in [3.63, 3.8) is 0 Å². The van der Waals surface area contributed by atoms with E-state index in [4.69, 9.17) is 23.2 Å². The summed E-state index contributed by atoms with van der Waals surface area (Å²) >= 11 is 12.8. The number of hydrogen-bond donors (Lipinski definition) is 0. The Hall–Kier alpha value is -2.87. The number of hydrogen-bond acceptors (Lipinski definition) is 3. The first-order valence-corrected chi connectivity index (χ1v) is 16.7. The molecule has 0 N–H and O–H groups in total. The summed E-state index contributed by atoms with van der Waals surface area (Å²) in [5.41, 5.74) is 1.05. The largest absolute Gasteiger partial charge is 0.329 e. The van der Waals surface area contributed by atoms with Crippen LogP contribution in [0.25, 0.3) is 0 Å². The molecule has 1 amide bonds. The molecule has 1 aliphatic heterocycles. The second-order valence-electron chi connectivity index (χ2n) is 11.8. The molecule has 0 bridgehead atoms. The molecular weight excluding hydrogens is 594 g/mol. The number of benzene rings is 3. The number of rotatable bonds is 10. The van der Waals surface area contributed by atoms with E-state index < -0.39 is 33.3 Å². The minimum atomic E-state index is -3.89. The van der Waals surface area contributed by atoms with E-state index in [0.29, 0.717) is 22.9 Å². The van der Waals surface area contributed by atoms with Gasteiger partial charge in [0.05, 0.1) is 36.0 Å². The Kier molecular flexibility index (Phi) is 8.75. The van der Waals surface area contributed by atoms with Crippen molar-refractivity contribution in [3.8, 4) is 0 Å². The summed E-state index contributed by atoms with van der Waals surface area (Å²) in [6, 6.07) is 20.1. The summed E-state index contributed by atoms with van der Waals surface area (Å²) in [5, 5.41) is 1.17. The third-order valence-electron chi connectivity index (χ3n) is 8.58. The van der Waals surface area contributed by atoms with E-state index in [1.54, 1.807) is 24.3 Å². The van der Waals surface area contributed by atoms with Gasteiger partial charge in [-0.2, -0.15) is 0 Å². The number of carbonyl (C=O) groups is 1. The summed E-state index contributed by atoms with van der Waals surface area (Å²) in [6.07, 6.45) is 5.53. The minimum absolute atomic E-state index is 0.0293. The molecule has 3 aromatic carbocycles. The molecule has 0 aromatic heterocycles. The van der Waals surface area contributed by atoms with Crippen LogP contribution in [-0.4, -0.2) is 38.1 Å². The molecule has 4 atom stereocenters. The molecule has 1 saturated carbocycles. The van der Waals surface area contributed by atoms with Gasteiger partial charge in [0.25, 0.3) is 0 Å². The van der Waals surface area contributed by atoms with Crippen molar-refractivity contribution in [1.82, 2.24) is 4.90 Å². The average molecular weight is 630 g/mol. The van der Waals surface area contributed by atoms with E-state index >= 15 is 4.39 Å². The van der Waals surface area contributed by atoms with Gasteiger partial charge in [-0.3, -0.25) is 9.10 Å². The Balaban J connectivity index is 1.70. The summed E-state index contributed by atoms with van der Waals surface area (Å²) < 4.78 is 42.5. The fraction of sp³-hybridized carbons (Fsp3) is 0.364. The number of sulfonamides is 1. The van der Waals surface area contributed by atoms with Crippen LogP contribution in [0.15, 0.2) is 85.5 Å². The van der Waals surface area contributed by atoms with Crippen molar-refractivity contribution in [2.24, 2.45) is 11.3 Å². The van der Waals surface area contributed by atoms with Crippen LogP contribution in [0.4, 0.5) is 10.1 Å². The smallest absolute Gasteiger partial charge is 0.232 e. The molecule has 1 aliphatic carbocycles. The monoisotopic (exact) mass is 628 g/mol. The van der Waals surface area contributed by atoms with E-state index in [1.807, 2.05) is 48.2 Å². The van der Waals surface area contributed by atoms with Gasteiger partial charge in [-0.25, -0.2) is 12.8 Å². The molecule has 2 fully saturated rings. The van der Waals surface area contributed by atoms with Crippen molar-refractivity contribution in [2.75, 3.05) is 17.1 Å². The third-order valence-corrected chi connectivity index (χ3v) is 10.2. The quantitative estimate of drug-likeness (QED) is 0.214. The molecule has 0 radical (unpaired) electrons. The van der Waals surface area contributed by atoms with Gasteiger partial charge in [0.15, 0.2) is 0 Å². The molecule has 5 nitrogen and oxygen atoms in total. The molecule has 1 heterocycles. The van der Waals surface area contributed by atoms with Crippen LogP contribution in [0.2, 0.25) is 10.0 Å². The minimum Gasteiger partial charge on any atom is -0.329 e. The Labute approximate surface area is 258 Å². The zero-order valence-corrected chi connectivity index (χ0v) is 26.0. The maximum atomic E-state index is 15.1. The lowest BCUT2D eigenvalue weighted by atomic mass is 9.67. The topological polar surface area (TPSA) is 57.7 Å². The van der Waals surface area contributed by atoms with Gasteiger partial charge in [0.1, 0.15) is 5.82 Å². The summed E-state index contributed by atoms with van der Waals surface area (Å²) in [7, 11) is -3.89. The van der Waals surface area contributed by atoms with E-state index in [9.17, 15) is 13.2 Å². The van der Waals surface area contributed by atoms with Gasteiger partial charge in [-0.15, -0.1) is 6.58 Å². The second kappa shape index (κ2) is 12.0. The first-order valence-electron chi connectivity index (χ1n) is 14.1. The molecule has 5 rings (SSSR count). The first kappa shape index (κ1) is 30.6. The molecule has 42 heavy (non-hydrogen) atoms. The number of allylic oxidation sites excluding steroid dienone is 1. The lowest BCUT2D eigenvalue weighted by molar-refractivity contribution is -0.154. The molecule has 2 aliphatic rings. The van der Waals surface area contributed by atoms with Gasteiger partial charge >= 0.3 is 0 Å². The summed E-state index contributed by atoms with van der Waals surface area (Å²) in [6.45, 7) is 5.84. The van der Waals surface area contributed by atoms with Crippen LogP contribution in [0.1, 0.15) is 55.7 Å². The zero-order valence-electron chi connectivity index (χ0n) is 23.7. The van der Waals surface area contributed by atoms with E-state index in [-0.39, 0.29) is 30.0 Å². The first-order chi connectivity index (χ1) is 19.9. The maximum Gasteiger partial charge on any atom is 0.232 e. The fourth-order valence-corrected chi connectivity index (χ4v) is 7.69. The molecule has 222 valence electrons. The fourth-order valence-electron chi connectivity index (χ4n) is 6.43. The summed E-state index contributed by atoms with van der Waals surface area (Å²) in [5.74, 6) is -0.802. The predicted octanol–water partition coefficient (Wildman–Crippen LogP) is 8.02. The van der Waals surface area contributed by atoms with E-state index in [1.165, 1.54) is 18.2 Å². The Bertz CT molecular complexity index is 1580. The molecular formula is C33H35Cl2FN2O3S. The van der Waals surface area contributed by atoms with Crippen LogP contribution in [0.3, 0.4) is 0 Å². The highest BCUT2D eigenvalue weighted by atomic mass is 35.5. The SMILES string of the molecule is C=CC[C@@]1(C)C[C@H](c2cccc(Cl)c2)[C@@H](c2ccc(Cl)cc2)N([C@@H](CN(c2ccccc2F)S(C)(=O)=O)C2CC2)C1=O. The third kappa shape index (κ3) is 6.24. The van der Waals surface area contributed by atoms with Crippen molar-refractivity contribution < 1.29 is 17.6 Å². The number of halogens is 3. The number of carbonyl (C=O) groups excluding carboxylic acids is 1. The number of nitrogens with zero attached hydrogens (tertiary/aromatic N) is 2. The zero-order chi connectivity index (χ0) is 30.2. The number of para-hydroxylation sites is 1. The van der Waals surface area contributed by atoms with Crippen molar-refractivity contribution >= 4 is 44.8 Å². The van der Waals surface area contributed by atoms with E-state index in [0.717, 1.165) is 34.5 Å². The molecule has 9 heteroatoms. The summed E-state index contributed by atoms with van der Waals surface area (Å²) in [4.78, 5) is 16.6. The number of likely N-dealkylation sites (tertiary alicyclic amines) is 1. The van der Waals surface area contributed by atoms with Crippen LogP contribution in [-0.2, 0) is 14.8 Å². The lowest BCUT2D eigenvalue weighted by Gasteiger charge is -2.52. The number of amides is 1. The van der Waals surface area contributed by atoms with Gasteiger partial charge in [-0.05, 0) is 79.1 Å². The molecule has 3 aromatic rings. The van der Waals surface area contributed by atoms with Crippen LogP contribution in [0, 0.1) is 17.2 Å². The lowest BCUT2D eigenvalue weighted by Crippen LogP contribution is -2.59. The highest BCUT2D eigenvalue weighted by Gasteiger charge is 2.54. The Morgan fingerprint density at radius 2 is 1.74 bits per heavy atom. The molecule has 1 saturated heterocycles. The highest BCUT2D eigenvalue weighted by Crippen LogP contribution is 2.54. The van der Waals surface area contributed by atoms with Crippen LogP contribution < -0.4 is 4.31 Å². The maximum absolute atomic E-state index is 15.1. The van der Waals surface area contributed by atoms with Gasteiger partial charge in [0.2, 0.25) is 15.9 Å². The second-order valence-corrected chi connectivity index (χ2v) is 14.6. The van der Waals surface area contributed by atoms with Crippen LogP contribution in [0.5, 0.6) is 0 Å². The van der Waals surface area contributed by atoms with Crippen molar-refractivity contribution in [3.05, 3.63) is 112 Å². The van der Waals surface area contributed by atoms with Gasteiger partial charge in [0, 0.05) is 16.0 Å². The molecule has 0 spiro atoms. The normalized spacial score (nSPS) is 23.5. The van der Waals surface area contributed by atoms with Gasteiger partial charge < -0.3 is 4.90 Å². The standard InChI is InChI=1S/C33H35Cl2FN2O3S/c1-4-18-33(2)20-27(24-8-7-9-26(35)19-24)31(23-14-16-25(34)17-15-23)38(32(33)39)30(22-12-13-22)21-37(42(3,40)41)29-11-6-5-10-28(29)36/h4-11,14-17,19,22,27,30-31H,1,12-13,18,20-21H2,2-3H3/t27-,30+,31-,33+/m1/s1. The Morgan fingerprint density at radius 1 is 1.05 bits per heavy atom. The van der Waals surface area contributed by atoms with Crippen molar-refractivity contribution in [2.45, 2.75) is 50.6 Å². The predicted molar refractivity (Wildman–Crippen MR) is 168 cm³/mol. The Morgan fingerprint density at radius 3 is 2.33 bits per heavy atom. The average Bonchev–Trinajstić information content (AvgIpc) is 3.77. The van der Waals surface area contributed by atoms with E-state index in [2.05, 4.69) is 6.58 Å². The number of anilines is 1. The van der Waals surface area contributed by atoms with Crippen molar-refractivity contribution in [1.29, 1.82) is 0 Å². The number of piperidine rings is 1.